The van der Waals surface area contributed by atoms with Crippen LogP contribution >= 0.6 is 0 Å². The van der Waals surface area contributed by atoms with E-state index in [-0.39, 0.29) is 0 Å². The number of nitrogens with one attached hydrogen (secondary N) is 1. The van der Waals surface area contributed by atoms with E-state index in [1.807, 2.05) is 0 Å². The molecule has 1 nitrogen and oxygen atoms in total. The fourth-order valence-corrected chi connectivity index (χ4v) is 3.25. The standard InChI is InChI=1S/C16H25N/c1-11-5-13(3)16(14(4)6-11)8-15-7-12(2)9-17-10-15/h5-6,12,15,17H,7-10H2,1-4H3. The van der Waals surface area contributed by atoms with E-state index < -0.39 is 0 Å². The van der Waals surface area contributed by atoms with Gasteiger partial charge < -0.3 is 5.32 Å². The van der Waals surface area contributed by atoms with Crippen LogP contribution in [-0.2, 0) is 6.42 Å². The lowest BCUT2D eigenvalue weighted by Gasteiger charge is -2.28. The molecule has 0 amide bonds. The van der Waals surface area contributed by atoms with Crippen LogP contribution in [0.15, 0.2) is 12.1 Å². The molecule has 0 aromatic heterocycles. The maximum atomic E-state index is 3.56. The number of hydrogen-bond donors (Lipinski definition) is 1. The molecule has 1 saturated heterocycles. The quantitative estimate of drug-likeness (QED) is 0.822. The molecular weight excluding hydrogens is 206 g/mol. The second kappa shape index (κ2) is 5.22. The average Bonchev–Trinajstić information content (AvgIpc) is 2.23. The second-order valence-corrected chi connectivity index (χ2v) is 5.95. The fraction of sp³-hybridized carbons (Fsp3) is 0.625. The Labute approximate surface area is 106 Å². The molecule has 2 unspecified atom stereocenters. The molecule has 0 radical (unpaired) electrons. The Morgan fingerprint density at radius 2 is 1.76 bits per heavy atom. The highest BCUT2D eigenvalue weighted by Crippen LogP contribution is 2.24. The lowest BCUT2D eigenvalue weighted by atomic mass is 9.84. The summed E-state index contributed by atoms with van der Waals surface area (Å²) in [5.74, 6) is 1.65. The van der Waals surface area contributed by atoms with Gasteiger partial charge in [-0.2, -0.15) is 0 Å². The first kappa shape index (κ1) is 12.6. The SMILES string of the molecule is Cc1cc(C)c(CC2CNCC(C)C2)c(C)c1. The molecule has 1 aromatic carbocycles. The van der Waals surface area contributed by atoms with Gasteiger partial charge in [0.1, 0.15) is 0 Å². The van der Waals surface area contributed by atoms with E-state index >= 15 is 0 Å². The fourth-order valence-electron chi connectivity index (χ4n) is 3.25. The Morgan fingerprint density at radius 3 is 2.35 bits per heavy atom. The van der Waals surface area contributed by atoms with Crippen LogP contribution in [0.2, 0.25) is 0 Å². The highest BCUT2D eigenvalue weighted by Gasteiger charge is 2.20. The molecule has 1 heteroatoms. The molecule has 1 N–H and O–H groups in total. The Balaban J connectivity index is 2.12. The Hall–Kier alpha value is -0.820. The normalized spacial score (nSPS) is 24.9. The third-order valence-electron chi connectivity index (χ3n) is 3.99. The number of aryl methyl sites for hydroxylation is 3. The van der Waals surface area contributed by atoms with E-state index in [0.717, 1.165) is 11.8 Å². The number of rotatable bonds is 2. The van der Waals surface area contributed by atoms with Gasteiger partial charge in [-0.1, -0.05) is 24.6 Å². The van der Waals surface area contributed by atoms with E-state index in [1.165, 1.54) is 42.6 Å². The van der Waals surface area contributed by atoms with Gasteiger partial charge in [-0.25, -0.2) is 0 Å². The van der Waals surface area contributed by atoms with Crippen LogP contribution in [-0.4, -0.2) is 13.1 Å². The zero-order valence-electron chi connectivity index (χ0n) is 11.6. The molecular formula is C16H25N. The van der Waals surface area contributed by atoms with Crippen molar-refractivity contribution in [2.24, 2.45) is 11.8 Å². The van der Waals surface area contributed by atoms with Crippen molar-refractivity contribution >= 4 is 0 Å². The topological polar surface area (TPSA) is 12.0 Å². The first-order chi connectivity index (χ1) is 8.06. The molecule has 0 bridgehead atoms. The number of benzene rings is 1. The predicted octanol–water partition coefficient (Wildman–Crippen LogP) is 3.40. The summed E-state index contributed by atoms with van der Waals surface area (Å²) in [6.45, 7) is 11.4. The van der Waals surface area contributed by atoms with Crippen LogP contribution in [0.1, 0.15) is 35.6 Å². The summed E-state index contributed by atoms with van der Waals surface area (Å²) < 4.78 is 0. The monoisotopic (exact) mass is 231 g/mol. The Morgan fingerprint density at radius 1 is 1.12 bits per heavy atom. The summed E-state index contributed by atoms with van der Waals surface area (Å²) in [7, 11) is 0. The van der Waals surface area contributed by atoms with Gasteiger partial charge in [0.05, 0.1) is 0 Å². The predicted molar refractivity (Wildman–Crippen MR) is 74.5 cm³/mol. The highest BCUT2D eigenvalue weighted by atomic mass is 14.9. The molecule has 0 spiro atoms. The van der Waals surface area contributed by atoms with Crippen molar-refractivity contribution in [1.82, 2.24) is 5.32 Å². The van der Waals surface area contributed by atoms with Crippen LogP contribution in [0, 0.1) is 32.6 Å². The van der Waals surface area contributed by atoms with Crippen LogP contribution < -0.4 is 5.32 Å². The summed E-state index contributed by atoms with van der Waals surface area (Å²) in [4.78, 5) is 0. The van der Waals surface area contributed by atoms with Crippen molar-refractivity contribution < 1.29 is 0 Å². The van der Waals surface area contributed by atoms with E-state index in [2.05, 4.69) is 45.1 Å². The van der Waals surface area contributed by atoms with Crippen molar-refractivity contribution in [3.05, 3.63) is 34.4 Å². The molecule has 1 aliphatic rings. The summed E-state index contributed by atoms with van der Waals surface area (Å²) >= 11 is 0. The first-order valence-corrected chi connectivity index (χ1v) is 6.83. The molecule has 2 rings (SSSR count). The Kier molecular flexibility index (Phi) is 3.88. The third-order valence-corrected chi connectivity index (χ3v) is 3.99. The molecule has 0 aliphatic carbocycles. The molecule has 2 atom stereocenters. The van der Waals surface area contributed by atoms with Crippen molar-refractivity contribution in [3.8, 4) is 0 Å². The third kappa shape index (κ3) is 3.10. The zero-order valence-corrected chi connectivity index (χ0v) is 11.6. The van der Waals surface area contributed by atoms with Gasteiger partial charge in [0.25, 0.3) is 0 Å². The van der Waals surface area contributed by atoms with Crippen molar-refractivity contribution in [3.63, 3.8) is 0 Å². The highest BCUT2D eigenvalue weighted by molar-refractivity contribution is 5.37. The summed E-state index contributed by atoms with van der Waals surface area (Å²) in [5.41, 5.74) is 5.91. The van der Waals surface area contributed by atoms with Crippen LogP contribution in [0.5, 0.6) is 0 Å². The van der Waals surface area contributed by atoms with Crippen molar-refractivity contribution in [1.29, 1.82) is 0 Å². The minimum Gasteiger partial charge on any atom is -0.316 e. The van der Waals surface area contributed by atoms with Crippen molar-refractivity contribution in [2.45, 2.75) is 40.5 Å². The van der Waals surface area contributed by atoms with Crippen LogP contribution in [0.4, 0.5) is 0 Å². The minimum atomic E-state index is 0.818. The molecule has 1 heterocycles. The van der Waals surface area contributed by atoms with Gasteiger partial charge in [-0.05, 0) is 75.2 Å². The Bertz CT molecular complexity index is 372. The second-order valence-electron chi connectivity index (χ2n) is 5.95. The molecule has 1 aliphatic heterocycles. The first-order valence-electron chi connectivity index (χ1n) is 6.83. The summed E-state index contributed by atoms with van der Waals surface area (Å²) in [6, 6.07) is 4.64. The average molecular weight is 231 g/mol. The zero-order chi connectivity index (χ0) is 12.4. The lowest BCUT2D eigenvalue weighted by Crippen LogP contribution is -2.36. The lowest BCUT2D eigenvalue weighted by molar-refractivity contribution is 0.301. The maximum Gasteiger partial charge on any atom is -0.00171 e. The number of hydrogen-bond acceptors (Lipinski definition) is 1. The van der Waals surface area contributed by atoms with Crippen LogP contribution in [0.3, 0.4) is 0 Å². The van der Waals surface area contributed by atoms with E-state index in [0.29, 0.717) is 0 Å². The summed E-state index contributed by atoms with van der Waals surface area (Å²) in [6.07, 6.45) is 2.62. The van der Waals surface area contributed by atoms with Gasteiger partial charge in [-0.15, -0.1) is 0 Å². The van der Waals surface area contributed by atoms with Crippen molar-refractivity contribution in [2.75, 3.05) is 13.1 Å². The van der Waals surface area contributed by atoms with Gasteiger partial charge in [-0.3, -0.25) is 0 Å². The largest absolute Gasteiger partial charge is 0.316 e. The van der Waals surface area contributed by atoms with Crippen LogP contribution in [0.25, 0.3) is 0 Å². The van der Waals surface area contributed by atoms with E-state index in [1.54, 1.807) is 5.56 Å². The smallest absolute Gasteiger partial charge is 0.00171 e. The maximum absolute atomic E-state index is 3.56. The molecule has 17 heavy (non-hydrogen) atoms. The van der Waals surface area contributed by atoms with Gasteiger partial charge in [0, 0.05) is 0 Å². The minimum absolute atomic E-state index is 0.818. The van der Waals surface area contributed by atoms with Gasteiger partial charge in [0.15, 0.2) is 0 Å². The van der Waals surface area contributed by atoms with E-state index in [9.17, 15) is 0 Å². The molecule has 94 valence electrons. The number of piperidine rings is 1. The molecule has 1 aromatic rings. The van der Waals surface area contributed by atoms with E-state index in [4.69, 9.17) is 0 Å². The molecule has 1 fully saturated rings. The summed E-state index contributed by atoms with van der Waals surface area (Å²) in [5, 5.41) is 3.56. The van der Waals surface area contributed by atoms with Gasteiger partial charge in [0.2, 0.25) is 0 Å². The molecule has 0 saturated carbocycles. The van der Waals surface area contributed by atoms with Gasteiger partial charge >= 0.3 is 0 Å².